The van der Waals surface area contributed by atoms with Gasteiger partial charge in [0, 0.05) is 28.2 Å². The Bertz CT molecular complexity index is 767. The van der Waals surface area contributed by atoms with E-state index in [9.17, 15) is 9.59 Å². The number of rotatable bonds is 5. The van der Waals surface area contributed by atoms with Crippen molar-refractivity contribution in [2.75, 3.05) is 18.4 Å². The summed E-state index contributed by atoms with van der Waals surface area (Å²) in [5.74, 6) is -0.409. The van der Waals surface area contributed by atoms with E-state index in [1.165, 1.54) is 5.56 Å². The number of hydrogen-bond acceptors (Lipinski definition) is 3. The van der Waals surface area contributed by atoms with Gasteiger partial charge in [0.25, 0.3) is 0 Å². The number of nitrogens with zero attached hydrogens (tertiary/aromatic N) is 1. The molecule has 0 saturated carbocycles. The van der Waals surface area contributed by atoms with Crippen molar-refractivity contribution < 1.29 is 9.59 Å². The second kappa shape index (κ2) is 8.47. The van der Waals surface area contributed by atoms with Gasteiger partial charge < -0.3 is 11.1 Å². The first-order valence-corrected chi connectivity index (χ1v) is 9.48. The van der Waals surface area contributed by atoms with Gasteiger partial charge in [0.1, 0.15) is 0 Å². The molecule has 0 aliphatic carbocycles. The van der Waals surface area contributed by atoms with Crippen LogP contribution in [0.5, 0.6) is 0 Å². The van der Waals surface area contributed by atoms with Crippen LogP contribution in [0.1, 0.15) is 28.8 Å². The SMILES string of the molecule is NC(=O)c1ccc(NC(=O)C2CCN(Cc3ccc(Br)cc3)CC2)cc1. The van der Waals surface area contributed by atoms with Crippen LogP contribution >= 0.6 is 15.9 Å². The maximum absolute atomic E-state index is 12.5. The van der Waals surface area contributed by atoms with Crippen molar-refractivity contribution in [2.24, 2.45) is 11.7 Å². The Balaban J connectivity index is 1.48. The third-order valence-corrected chi connectivity index (χ3v) is 5.24. The zero-order valence-electron chi connectivity index (χ0n) is 14.5. The minimum Gasteiger partial charge on any atom is -0.366 e. The topological polar surface area (TPSA) is 75.4 Å². The van der Waals surface area contributed by atoms with Crippen LogP contribution in [0.2, 0.25) is 0 Å². The molecule has 2 amide bonds. The highest BCUT2D eigenvalue weighted by Crippen LogP contribution is 2.22. The number of hydrogen-bond donors (Lipinski definition) is 2. The fraction of sp³-hybridized carbons (Fsp3) is 0.300. The average molecular weight is 416 g/mol. The number of anilines is 1. The molecule has 0 spiro atoms. The summed E-state index contributed by atoms with van der Waals surface area (Å²) in [7, 11) is 0. The number of nitrogens with two attached hydrogens (primary N) is 1. The quantitative estimate of drug-likeness (QED) is 0.785. The van der Waals surface area contributed by atoms with Gasteiger partial charge in [-0.15, -0.1) is 0 Å². The first-order chi connectivity index (χ1) is 12.5. The van der Waals surface area contributed by atoms with Gasteiger partial charge in [-0.2, -0.15) is 0 Å². The van der Waals surface area contributed by atoms with Crippen molar-refractivity contribution in [2.45, 2.75) is 19.4 Å². The third kappa shape index (κ3) is 4.93. The minimum atomic E-state index is -0.471. The zero-order valence-corrected chi connectivity index (χ0v) is 16.0. The first kappa shape index (κ1) is 18.6. The van der Waals surface area contributed by atoms with E-state index >= 15 is 0 Å². The molecule has 2 aromatic carbocycles. The predicted molar refractivity (Wildman–Crippen MR) is 106 cm³/mol. The summed E-state index contributed by atoms with van der Waals surface area (Å²) in [5.41, 5.74) is 7.63. The summed E-state index contributed by atoms with van der Waals surface area (Å²) in [6.07, 6.45) is 1.70. The lowest BCUT2D eigenvalue weighted by Crippen LogP contribution is -2.37. The van der Waals surface area contributed by atoms with Crippen molar-refractivity contribution in [1.29, 1.82) is 0 Å². The second-order valence-electron chi connectivity index (χ2n) is 6.61. The van der Waals surface area contributed by atoms with E-state index in [4.69, 9.17) is 5.73 Å². The number of benzene rings is 2. The molecule has 6 heteroatoms. The summed E-state index contributed by atoms with van der Waals surface area (Å²) in [6, 6.07) is 15.0. The smallest absolute Gasteiger partial charge is 0.248 e. The number of nitrogens with one attached hydrogen (secondary N) is 1. The normalized spacial score (nSPS) is 15.6. The number of piperidine rings is 1. The van der Waals surface area contributed by atoms with E-state index in [1.807, 2.05) is 0 Å². The summed E-state index contributed by atoms with van der Waals surface area (Å²) >= 11 is 3.45. The van der Waals surface area contributed by atoms with Crippen molar-refractivity contribution in [3.8, 4) is 0 Å². The number of likely N-dealkylation sites (tertiary alicyclic amines) is 1. The Morgan fingerprint density at radius 2 is 1.65 bits per heavy atom. The number of primary amides is 1. The molecule has 1 fully saturated rings. The lowest BCUT2D eigenvalue weighted by atomic mass is 9.95. The number of carbonyl (C=O) groups excluding carboxylic acids is 2. The third-order valence-electron chi connectivity index (χ3n) is 4.71. The first-order valence-electron chi connectivity index (χ1n) is 8.69. The van der Waals surface area contributed by atoms with Gasteiger partial charge in [0.15, 0.2) is 0 Å². The summed E-state index contributed by atoms with van der Waals surface area (Å²) in [5, 5.41) is 2.93. The maximum atomic E-state index is 12.5. The largest absolute Gasteiger partial charge is 0.366 e. The molecule has 0 unspecified atom stereocenters. The summed E-state index contributed by atoms with van der Waals surface area (Å²) < 4.78 is 1.08. The number of halogens is 1. The molecular formula is C20H22BrN3O2. The fourth-order valence-corrected chi connectivity index (χ4v) is 3.43. The molecule has 136 valence electrons. The van der Waals surface area contributed by atoms with E-state index in [0.29, 0.717) is 11.3 Å². The summed E-state index contributed by atoms with van der Waals surface area (Å²) in [4.78, 5) is 25.9. The molecule has 3 rings (SSSR count). The second-order valence-corrected chi connectivity index (χ2v) is 7.52. The molecule has 0 bridgehead atoms. The number of amides is 2. The highest BCUT2D eigenvalue weighted by atomic mass is 79.9. The highest BCUT2D eigenvalue weighted by molar-refractivity contribution is 9.10. The molecule has 0 aromatic heterocycles. The molecule has 26 heavy (non-hydrogen) atoms. The Morgan fingerprint density at radius 3 is 2.23 bits per heavy atom. The molecule has 3 N–H and O–H groups in total. The van der Waals surface area contributed by atoms with Crippen LogP contribution < -0.4 is 11.1 Å². The Hall–Kier alpha value is -2.18. The lowest BCUT2D eigenvalue weighted by molar-refractivity contribution is -0.121. The highest BCUT2D eigenvalue weighted by Gasteiger charge is 2.25. The van der Waals surface area contributed by atoms with Gasteiger partial charge in [0.2, 0.25) is 11.8 Å². The van der Waals surface area contributed by atoms with Crippen LogP contribution in [0, 0.1) is 5.92 Å². The van der Waals surface area contributed by atoms with Gasteiger partial charge in [-0.25, -0.2) is 0 Å². The van der Waals surface area contributed by atoms with E-state index in [2.05, 4.69) is 50.4 Å². The molecule has 0 atom stereocenters. The summed E-state index contributed by atoms with van der Waals surface area (Å²) in [6.45, 7) is 2.74. The predicted octanol–water partition coefficient (Wildman–Crippen LogP) is 3.40. The van der Waals surface area contributed by atoms with Crippen LogP contribution in [-0.4, -0.2) is 29.8 Å². The van der Waals surface area contributed by atoms with Gasteiger partial charge in [-0.3, -0.25) is 14.5 Å². The standard InChI is InChI=1S/C20H22BrN3O2/c21-17-5-1-14(2-6-17)13-24-11-9-16(10-12-24)20(26)23-18-7-3-15(4-8-18)19(22)25/h1-8,16H,9-13H2,(H2,22,25)(H,23,26). The van der Waals surface area contributed by atoms with E-state index in [0.717, 1.165) is 36.9 Å². The van der Waals surface area contributed by atoms with Crippen LogP contribution in [0.3, 0.4) is 0 Å². The van der Waals surface area contributed by atoms with Gasteiger partial charge in [0.05, 0.1) is 0 Å². The van der Waals surface area contributed by atoms with Crippen molar-refractivity contribution in [3.05, 3.63) is 64.1 Å². The van der Waals surface area contributed by atoms with Gasteiger partial charge in [-0.05, 0) is 67.9 Å². The van der Waals surface area contributed by atoms with Crippen LogP contribution in [-0.2, 0) is 11.3 Å². The maximum Gasteiger partial charge on any atom is 0.248 e. The molecule has 2 aromatic rings. The van der Waals surface area contributed by atoms with Crippen molar-refractivity contribution in [1.82, 2.24) is 4.90 Å². The van der Waals surface area contributed by atoms with E-state index in [-0.39, 0.29) is 11.8 Å². The Labute approximate surface area is 161 Å². The van der Waals surface area contributed by atoms with E-state index < -0.39 is 5.91 Å². The molecule has 0 radical (unpaired) electrons. The Kier molecular flexibility index (Phi) is 6.06. The molecule has 1 heterocycles. The van der Waals surface area contributed by atoms with Gasteiger partial charge >= 0.3 is 0 Å². The minimum absolute atomic E-state index is 0.0204. The zero-order chi connectivity index (χ0) is 18.5. The van der Waals surface area contributed by atoms with Crippen molar-refractivity contribution >= 4 is 33.4 Å². The monoisotopic (exact) mass is 415 g/mol. The van der Waals surface area contributed by atoms with Crippen LogP contribution in [0.25, 0.3) is 0 Å². The number of carbonyl (C=O) groups is 2. The van der Waals surface area contributed by atoms with Gasteiger partial charge in [-0.1, -0.05) is 28.1 Å². The fourth-order valence-electron chi connectivity index (χ4n) is 3.16. The van der Waals surface area contributed by atoms with Crippen LogP contribution in [0.4, 0.5) is 5.69 Å². The lowest BCUT2D eigenvalue weighted by Gasteiger charge is -2.31. The van der Waals surface area contributed by atoms with Crippen molar-refractivity contribution in [3.63, 3.8) is 0 Å². The molecule has 1 aliphatic heterocycles. The molecule has 5 nitrogen and oxygen atoms in total. The molecule has 1 saturated heterocycles. The van der Waals surface area contributed by atoms with Crippen LogP contribution in [0.15, 0.2) is 53.0 Å². The molecular weight excluding hydrogens is 394 g/mol. The Morgan fingerprint density at radius 1 is 1.04 bits per heavy atom. The average Bonchev–Trinajstić information content (AvgIpc) is 2.64. The molecule has 1 aliphatic rings. The van der Waals surface area contributed by atoms with E-state index in [1.54, 1.807) is 24.3 Å².